The van der Waals surface area contributed by atoms with Crippen LogP contribution in [0.1, 0.15) is 22.3 Å². The van der Waals surface area contributed by atoms with Crippen LogP contribution < -0.4 is 10.2 Å². The molecule has 0 bridgehead atoms. The molecule has 1 aromatic rings. The molecule has 2 atom stereocenters. The molecule has 2 N–H and O–H groups in total. The molecule has 0 spiro atoms. The smallest absolute Gasteiger partial charge is 0.130 e. The molecule has 0 fully saturated rings. The molecule has 1 heterocycles. The van der Waals surface area contributed by atoms with Gasteiger partial charge in [-0.15, -0.1) is 0 Å². The van der Waals surface area contributed by atoms with E-state index >= 15 is 0 Å². The van der Waals surface area contributed by atoms with E-state index in [1.54, 1.807) is 0 Å². The van der Waals surface area contributed by atoms with E-state index in [4.69, 9.17) is 5.11 Å². The van der Waals surface area contributed by atoms with Gasteiger partial charge in [0.25, 0.3) is 0 Å². The van der Waals surface area contributed by atoms with Gasteiger partial charge in [-0.2, -0.15) is 8.75 Å². The van der Waals surface area contributed by atoms with Crippen LogP contribution in [-0.4, -0.2) is 37.0 Å². The average Bonchev–Trinajstić information content (AvgIpc) is 2.63. The molecule has 15 heavy (non-hydrogen) atoms. The van der Waals surface area contributed by atoms with Gasteiger partial charge in [-0.3, -0.25) is 0 Å². The summed E-state index contributed by atoms with van der Waals surface area (Å²) < 4.78 is 6.61. The van der Waals surface area contributed by atoms with Crippen LogP contribution in [0.5, 0.6) is 0 Å². The molecular formula is C6H4N2O6S-2. The van der Waals surface area contributed by atoms with E-state index in [-0.39, 0.29) is 0 Å². The summed E-state index contributed by atoms with van der Waals surface area (Å²) in [6.45, 7) is 0. The van der Waals surface area contributed by atoms with Crippen LogP contribution in [0.2, 0.25) is 0 Å². The zero-order chi connectivity index (χ0) is 11.6. The number of aliphatic hydroxyl groups excluding tert-OH is 2. The number of hydrogen-bond acceptors (Lipinski definition) is 9. The summed E-state index contributed by atoms with van der Waals surface area (Å²) in [6, 6.07) is 0. The van der Waals surface area contributed by atoms with Crippen LogP contribution in [0.15, 0.2) is 0 Å². The molecule has 0 amide bonds. The van der Waals surface area contributed by atoms with Gasteiger partial charge in [0.2, 0.25) is 0 Å². The van der Waals surface area contributed by atoms with Gasteiger partial charge in [-0.05, 0) is 0 Å². The molecule has 0 aliphatic rings. The molecule has 0 radical (unpaired) electrons. The number of carboxylic acid groups (broad SMARTS) is 2. The largest absolute Gasteiger partial charge is 0.547 e. The second-order valence-corrected chi connectivity index (χ2v) is 3.02. The molecule has 0 aliphatic heterocycles. The maximum atomic E-state index is 10.4. The first-order chi connectivity index (χ1) is 6.95. The Kier molecular flexibility index (Phi) is 3.29. The SMILES string of the molecule is O=C([O-])c1nsnc1[C@@H](O)[C@H](O)C(=O)[O-]. The minimum absolute atomic E-state index is 0.447. The maximum absolute atomic E-state index is 10.4. The third kappa shape index (κ3) is 2.26. The van der Waals surface area contributed by atoms with Crippen molar-refractivity contribution < 1.29 is 30.0 Å². The topological polar surface area (TPSA) is 146 Å². The highest BCUT2D eigenvalue weighted by Gasteiger charge is 2.25. The van der Waals surface area contributed by atoms with Crippen molar-refractivity contribution in [1.82, 2.24) is 8.75 Å². The van der Waals surface area contributed by atoms with Crippen molar-refractivity contribution in [3.63, 3.8) is 0 Å². The minimum atomic E-state index is -2.27. The highest BCUT2D eigenvalue weighted by Crippen LogP contribution is 2.18. The Morgan fingerprint density at radius 1 is 1.27 bits per heavy atom. The quantitative estimate of drug-likeness (QED) is 0.534. The fraction of sp³-hybridized carbons (Fsp3) is 0.333. The predicted molar refractivity (Wildman–Crippen MR) is 40.2 cm³/mol. The molecular weight excluding hydrogens is 228 g/mol. The third-order valence-electron chi connectivity index (χ3n) is 1.53. The maximum Gasteiger partial charge on any atom is 0.130 e. The first-order valence-corrected chi connectivity index (χ1v) is 4.29. The Balaban J connectivity index is 3.00. The lowest BCUT2D eigenvalue weighted by Gasteiger charge is -2.17. The van der Waals surface area contributed by atoms with E-state index < -0.39 is 35.5 Å². The van der Waals surface area contributed by atoms with Crippen LogP contribution in [0.3, 0.4) is 0 Å². The Morgan fingerprint density at radius 2 is 1.87 bits per heavy atom. The van der Waals surface area contributed by atoms with Crippen LogP contribution in [0.4, 0.5) is 0 Å². The first kappa shape index (κ1) is 11.5. The molecule has 0 unspecified atom stereocenters. The van der Waals surface area contributed by atoms with Gasteiger partial charge >= 0.3 is 0 Å². The van der Waals surface area contributed by atoms with Gasteiger partial charge in [-0.1, -0.05) is 0 Å². The molecule has 0 saturated carbocycles. The van der Waals surface area contributed by atoms with Crippen LogP contribution in [-0.2, 0) is 4.79 Å². The van der Waals surface area contributed by atoms with Gasteiger partial charge in [0.1, 0.15) is 23.6 Å². The molecule has 0 saturated heterocycles. The van der Waals surface area contributed by atoms with Gasteiger partial charge in [0, 0.05) is 0 Å². The summed E-state index contributed by atoms with van der Waals surface area (Å²) in [5.74, 6) is -3.66. The molecule has 82 valence electrons. The molecule has 0 aromatic carbocycles. The van der Waals surface area contributed by atoms with Crippen molar-refractivity contribution in [3.05, 3.63) is 11.4 Å². The van der Waals surface area contributed by atoms with Crippen LogP contribution in [0.25, 0.3) is 0 Å². The molecule has 1 aromatic heterocycles. The van der Waals surface area contributed by atoms with Crippen LogP contribution in [0, 0.1) is 0 Å². The Labute approximate surface area is 86.8 Å². The number of aromatic carboxylic acids is 1. The van der Waals surface area contributed by atoms with Gasteiger partial charge < -0.3 is 30.0 Å². The zero-order valence-electron chi connectivity index (χ0n) is 6.98. The van der Waals surface area contributed by atoms with Crippen molar-refractivity contribution in [1.29, 1.82) is 0 Å². The lowest BCUT2D eigenvalue weighted by atomic mass is 10.1. The lowest BCUT2D eigenvalue weighted by Crippen LogP contribution is -2.40. The fourth-order valence-corrected chi connectivity index (χ4v) is 1.38. The number of carbonyl (C=O) groups excluding carboxylic acids is 2. The lowest BCUT2D eigenvalue weighted by molar-refractivity contribution is -0.318. The zero-order valence-corrected chi connectivity index (χ0v) is 7.80. The van der Waals surface area contributed by atoms with Crippen molar-refractivity contribution in [2.24, 2.45) is 0 Å². The fourth-order valence-electron chi connectivity index (χ4n) is 0.810. The standard InChI is InChI=1S/C6H6N2O6S/c9-3(4(10)6(13)14)1-2(5(11)12)8-15-7-1/h3-4,9-10H,(H,11,12)(H,13,14)/p-2/t3-,4+/m1/s1. The summed E-state index contributed by atoms with van der Waals surface area (Å²) in [6.07, 6.45) is -4.28. The van der Waals surface area contributed by atoms with Crippen molar-refractivity contribution in [2.45, 2.75) is 12.2 Å². The van der Waals surface area contributed by atoms with Crippen molar-refractivity contribution in [2.75, 3.05) is 0 Å². The Bertz CT molecular complexity index is 391. The van der Waals surface area contributed by atoms with E-state index in [2.05, 4.69) is 8.75 Å². The number of aliphatic carboxylic acids is 1. The van der Waals surface area contributed by atoms with Gasteiger partial charge in [-0.25, -0.2) is 0 Å². The first-order valence-electron chi connectivity index (χ1n) is 3.56. The summed E-state index contributed by atoms with van der Waals surface area (Å²) in [5, 5.41) is 38.7. The highest BCUT2D eigenvalue weighted by atomic mass is 32.1. The molecule has 1 rings (SSSR count). The van der Waals surface area contributed by atoms with Crippen molar-refractivity contribution in [3.8, 4) is 0 Å². The number of rotatable bonds is 4. The predicted octanol–water partition coefficient (Wildman–Crippen LogP) is -3.95. The van der Waals surface area contributed by atoms with Gasteiger partial charge in [0.15, 0.2) is 0 Å². The second-order valence-electron chi connectivity index (χ2n) is 2.49. The molecule has 8 nitrogen and oxygen atoms in total. The van der Waals surface area contributed by atoms with E-state index in [9.17, 15) is 24.9 Å². The second kappa shape index (κ2) is 4.29. The summed E-state index contributed by atoms with van der Waals surface area (Å²) in [5.41, 5.74) is -1.26. The van der Waals surface area contributed by atoms with E-state index in [0.717, 1.165) is 0 Å². The van der Waals surface area contributed by atoms with Gasteiger partial charge in [0.05, 0.1) is 23.7 Å². The van der Waals surface area contributed by atoms with Crippen LogP contribution >= 0.6 is 11.7 Å². The summed E-state index contributed by atoms with van der Waals surface area (Å²) >= 11 is 0.447. The van der Waals surface area contributed by atoms with E-state index in [0.29, 0.717) is 11.7 Å². The summed E-state index contributed by atoms with van der Waals surface area (Å²) in [4.78, 5) is 20.6. The average molecular weight is 232 g/mol. The number of carbonyl (C=O) groups is 2. The molecule has 9 heteroatoms. The normalized spacial score (nSPS) is 14.5. The number of nitrogens with zero attached hydrogens (tertiary/aromatic N) is 2. The molecule has 0 aliphatic carbocycles. The Morgan fingerprint density at radius 3 is 2.33 bits per heavy atom. The number of carboxylic acids is 2. The minimum Gasteiger partial charge on any atom is -0.547 e. The van der Waals surface area contributed by atoms with E-state index in [1.165, 1.54) is 0 Å². The number of aromatic nitrogens is 2. The Hall–Kier alpha value is -1.58. The van der Waals surface area contributed by atoms with E-state index in [1.807, 2.05) is 0 Å². The third-order valence-corrected chi connectivity index (χ3v) is 2.07. The summed E-state index contributed by atoms with van der Waals surface area (Å²) in [7, 11) is 0. The highest BCUT2D eigenvalue weighted by molar-refractivity contribution is 6.99. The number of hydrogen-bond donors (Lipinski definition) is 2. The monoisotopic (exact) mass is 232 g/mol. The van der Waals surface area contributed by atoms with Crippen molar-refractivity contribution >= 4 is 23.7 Å². The number of aliphatic hydroxyl groups is 2.